The molecule has 1 aliphatic heterocycles. The maximum atomic E-state index is 12.9. The first kappa shape index (κ1) is 20.6. The van der Waals surface area contributed by atoms with Gasteiger partial charge in [0.25, 0.3) is 0 Å². The lowest BCUT2D eigenvalue weighted by Crippen LogP contribution is -2.40. The van der Waals surface area contributed by atoms with Crippen LogP contribution in [0.4, 0.5) is 0 Å². The van der Waals surface area contributed by atoms with Crippen LogP contribution in [0.5, 0.6) is 0 Å². The Balaban J connectivity index is 1.58. The largest absolute Gasteiger partial charge is 0.461 e. The SMILES string of the molecule is Cc1ccc(S(=O)(=O)N2CCC(C(=O)OCc3ccccc3C)CC2)cc1C. The van der Waals surface area contributed by atoms with E-state index in [4.69, 9.17) is 4.74 Å². The second-order valence-electron chi connectivity index (χ2n) is 7.46. The molecule has 1 heterocycles. The van der Waals surface area contributed by atoms with Crippen LogP contribution in [0.25, 0.3) is 0 Å². The van der Waals surface area contributed by atoms with Gasteiger partial charge in [-0.15, -0.1) is 0 Å². The van der Waals surface area contributed by atoms with E-state index >= 15 is 0 Å². The Morgan fingerprint density at radius 1 is 1.00 bits per heavy atom. The van der Waals surface area contributed by atoms with Gasteiger partial charge in [-0.25, -0.2) is 8.42 Å². The van der Waals surface area contributed by atoms with E-state index in [2.05, 4.69) is 0 Å². The molecule has 1 fully saturated rings. The molecule has 0 atom stereocenters. The van der Waals surface area contributed by atoms with Gasteiger partial charge in [0.05, 0.1) is 10.8 Å². The van der Waals surface area contributed by atoms with Crippen LogP contribution in [0.1, 0.15) is 35.1 Å². The summed E-state index contributed by atoms with van der Waals surface area (Å²) in [5.41, 5.74) is 4.10. The molecule has 0 radical (unpaired) electrons. The molecule has 0 N–H and O–H groups in total. The van der Waals surface area contributed by atoms with Gasteiger partial charge in [-0.1, -0.05) is 30.3 Å². The van der Waals surface area contributed by atoms with Gasteiger partial charge in [0.2, 0.25) is 10.0 Å². The average Bonchev–Trinajstić information content (AvgIpc) is 2.69. The van der Waals surface area contributed by atoms with Crippen LogP contribution in [0, 0.1) is 26.7 Å². The molecular formula is C22H27NO4S. The molecule has 0 spiro atoms. The van der Waals surface area contributed by atoms with Crippen LogP contribution in [0.2, 0.25) is 0 Å². The minimum absolute atomic E-state index is 0.244. The Morgan fingerprint density at radius 3 is 2.32 bits per heavy atom. The molecule has 6 heteroatoms. The highest BCUT2D eigenvalue weighted by Crippen LogP contribution is 2.26. The van der Waals surface area contributed by atoms with Crippen molar-refractivity contribution >= 4 is 16.0 Å². The van der Waals surface area contributed by atoms with E-state index in [-0.39, 0.29) is 18.5 Å². The van der Waals surface area contributed by atoms with Gasteiger partial charge in [0.15, 0.2) is 0 Å². The summed E-state index contributed by atoms with van der Waals surface area (Å²) in [7, 11) is -3.53. The molecule has 0 aromatic heterocycles. The van der Waals surface area contributed by atoms with Crippen molar-refractivity contribution in [1.82, 2.24) is 4.31 Å². The number of rotatable bonds is 5. The average molecular weight is 402 g/mol. The fraction of sp³-hybridized carbons (Fsp3) is 0.409. The molecule has 0 unspecified atom stereocenters. The monoisotopic (exact) mass is 401 g/mol. The van der Waals surface area contributed by atoms with E-state index in [9.17, 15) is 13.2 Å². The topological polar surface area (TPSA) is 63.7 Å². The maximum Gasteiger partial charge on any atom is 0.309 e. The van der Waals surface area contributed by atoms with E-state index in [0.29, 0.717) is 30.8 Å². The number of aryl methyl sites for hydroxylation is 3. The number of hydrogen-bond acceptors (Lipinski definition) is 4. The van der Waals surface area contributed by atoms with Gasteiger partial charge in [0, 0.05) is 13.1 Å². The predicted molar refractivity (Wildman–Crippen MR) is 108 cm³/mol. The standard InChI is InChI=1S/C22H27NO4S/c1-16-8-9-21(14-18(16)3)28(25,26)23-12-10-19(11-13-23)22(24)27-15-20-7-5-4-6-17(20)2/h4-9,14,19H,10-13,15H2,1-3H3. The number of carbonyl (C=O) groups excluding carboxylic acids is 1. The molecule has 150 valence electrons. The zero-order valence-corrected chi connectivity index (χ0v) is 17.5. The highest BCUT2D eigenvalue weighted by molar-refractivity contribution is 7.89. The first-order valence-corrected chi connectivity index (χ1v) is 11.0. The van der Waals surface area contributed by atoms with Crippen LogP contribution < -0.4 is 0 Å². The summed E-state index contributed by atoms with van der Waals surface area (Å²) in [4.78, 5) is 12.7. The molecule has 3 rings (SSSR count). The Hall–Kier alpha value is -2.18. The lowest BCUT2D eigenvalue weighted by molar-refractivity contribution is -0.151. The smallest absolute Gasteiger partial charge is 0.309 e. The summed E-state index contributed by atoms with van der Waals surface area (Å²) < 4.78 is 32.7. The molecule has 5 nitrogen and oxygen atoms in total. The Kier molecular flexibility index (Phi) is 6.20. The van der Waals surface area contributed by atoms with Crippen LogP contribution in [-0.2, 0) is 26.2 Å². The number of benzene rings is 2. The molecule has 2 aromatic carbocycles. The minimum atomic E-state index is -3.53. The second kappa shape index (κ2) is 8.45. The molecule has 28 heavy (non-hydrogen) atoms. The third kappa shape index (κ3) is 4.45. The summed E-state index contributed by atoms with van der Waals surface area (Å²) in [5, 5.41) is 0. The first-order valence-electron chi connectivity index (χ1n) is 9.57. The molecule has 0 bridgehead atoms. The van der Waals surface area contributed by atoms with E-state index in [1.165, 1.54) is 4.31 Å². The third-order valence-corrected chi connectivity index (χ3v) is 7.43. The van der Waals surface area contributed by atoms with Gasteiger partial charge in [-0.2, -0.15) is 4.31 Å². The summed E-state index contributed by atoms with van der Waals surface area (Å²) in [6.07, 6.45) is 0.966. The van der Waals surface area contributed by atoms with Crippen molar-refractivity contribution in [2.75, 3.05) is 13.1 Å². The summed E-state index contributed by atoms with van der Waals surface area (Å²) in [6, 6.07) is 13.0. The van der Waals surface area contributed by atoms with Crippen molar-refractivity contribution in [3.05, 3.63) is 64.7 Å². The van der Waals surface area contributed by atoms with Crippen LogP contribution in [0.3, 0.4) is 0 Å². The van der Waals surface area contributed by atoms with Gasteiger partial charge in [-0.3, -0.25) is 4.79 Å². The molecule has 2 aromatic rings. The van der Waals surface area contributed by atoms with Crippen molar-refractivity contribution in [2.24, 2.45) is 5.92 Å². The fourth-order valence-electron chi connectivity index (χ4n) is 3.39. The number of sulfonamides is 1. The highest BCUT2D eigenvalue weighted by atomic mass is 32.2. The molecule has 0 saturated carbocycles. The van der Waals surface area contributed by atoms with Gasteiger partial charge in [0.1, 0.15) is 6.61 Å². The van der Waals surface area contributed by atoms with Crippen LogP contribution >= 0.6 is 0 Å². The lowest BCUT2D eigenvalue weighted by Gasteiger charge is -2.30. The number of nitrogens with zero attached hydrogens (tertiary/aromatic N) is 1. The zero-order chi connectivity index (χ0) is 20.3. The quantitative estimate of drug-likeness (QED) is 0.716. The van der Waals surface area contributed by atoms with Crippen molar-refractivity contribution in [2.45, 2.75) is 45.1 Å². The van der Waals surface area contributed by atoms with E-state index in [1.807, 2.05) is 51.1 Å². The van der Waals surface area contributed by atoms with Crippen LogP contribution in [-0.4, -0.2) is 31.8 Å². The minimum Gasteiger partial charge on any atom is -0.461 e. The number of esters is 1. The number of carbonyl (C=O) groups is 1. The number of hydrogen-bond donors (Lipinski definition) is 0. The second-order valence-corrected chi connectivity index (χ2v) is 9.40. The number of ether oxygens (including phenoxy) is 1. The Labute approximate surface area is 167 Å². The van der Waals surface area contributed by atoms with Gasteiger partial charge >= 0.3 is 5.97 Å². The van der Waals surface area contributed by atoms with Crippen LogP contribution in [0.15, 0.2) is 47.4 Å². The van der Waals surface area contributed by atoms with Crippen molar-refractivity contribution in [3.8, 4) is 0 Å². The maximum absolute atomic E-state index is 12.9. The normalized spacial score (nSPS) is 16.1. The van der Waals surface area contributed by atoms with E-state index in [1.54, 1.807) is 12.1 Å². The van der Waals surface area contributed by atoms with Gasteiger partial charge in [-0.05, 0) is 68.0 Å². The third-order valence-electron chi connectivity index (χ3n) is 5.53. The highest BCUT2D eigenvalue weighted by Gasteiger charge is 2.33. The summed E-state index contributed by atoms with van der Waals surface area (Å²) in [6.45, 7) is 6.77. The lowest BCUT2D eigenvalue weighted by atomic mass is 9.98. The fourth-order valence-corrected chi connectivity index (χ4v) is 4.95. The molecule has 0 amide bonds. The van der Waals surface area contributed by atoms with Crippen molar-refractivity contribution in [3.63, 3.8) is 0 Å². The van der Waals surface area contributed by atoms with E-state index in [0.717, 1.165) is 22.3 Å². The molecule has 0 aliphatic carbocycles. The Morgan fingerprint density at radius 2 is 1.68 bits per heavy atom. The summed E-state index contributed by atoms with van der Waals surface area (Å²) in [5.74, 6) is -0.498. The number of piperidine rings is 1. The predicted octanol–water partition coefficient (Wildman–Crippen LogP) is 3.76. The van der Waals surface area contributed by atoms with Gasteiger partial charge < -0.3 is 4.74 Å². The van der Waals surface area contributed by atoms with Crippen molar-refractivity contribution in [1.29, 1.82) is 0 Å². The van der Waals surface area contributed by atoms with E-state index < -0.39 is 10.0 Å². The Bertz CT molecular complexity index is 960. The molecule has 1 aliphatic rings. The molecule has 1 saturated heterocycles. The van der Waals surface area contributed by atoms with Crippen molar-refractivity contribution < 1.29 is 17.9 Å². The first-order chi connectivity index (χ1) is 13.3. The molecular weight excluding hydrogens is 374 g/mol. The zero-order valence-electron chi connectivity index (χ0n) is 16.6. The summed E-state index contributed by atoms with van der Waals surface area (Å²) >= 11 is 0.